The van der Waals surface area contributed by atoms with Crippen molar-refractivity contribution in [2.75, 3.05) is 144 Å². The van der Waals surface area contributed by atoms with Crippen LogP contribution >= 0.6 is 22.7 Å². The summed E-state index contributed by atoms with van der Waals surface area (Å²) in [4.78, 5) is 93.7. The lowest BCUT2D eigenvalue weighted by Gasteiger charge is -2.44. The van der Waals surface area contributed by atoms with Gasteiger partial charge >= 0.3 is 0 Å². The Kier molecular flexibility index (Phi) is 26.1. The predicted molar refractivity (Wildman–Crippen MR) is 465 cm³/mol. The van der Waals surface area contributed by atoms with Crippen molar-refractivity contribution in [1.82, 2.24) is 44.5 Å². The van der Waals surface area contributed by atoms with Gasteiger partial charge in [-0.15, -0.1) is 22.7 Å². The summed E-state index contributed by atoms with van der Waals surface area (Å²) in [6.45, 7) is 10.1. The van der Waals surface area contributed by atoms with Gasteiger partial charge in [0.1, 0.15) is 45.2 Å². The molecule has 25 nitrogen and oxygen atoms in total. The lowest BCUT2D eigenvalue weighted by Crippen LogP contribution is -2.53. The number of aryl methyl sites for hydroxylation is 1. The number of aromatic nitrogens is 5. The standard InChI is InChI=1S/C24H28N4O3S.C24H26N2O3S2.C20H24N4O3S.C19H23N3O3S2/c1-17-6-5-9-20-22(17)26-24(25-20)27-12-13-28(21(16-27)18-7-3-2-4-8-18)23(29)19-10-14-32(30,31)15-11-19;27-24(19-10-15-31(28,29)16-11-19)26-13-12-25(17-22(26)23-9-4-14-30-23)21-8-3-6-18-5-1-2-7-20(18)21;25-20(17-6-12-28(26,27)13-7-17)24-11-10-23(19-14-21-8-9-22-19)15-18(24)16-4-2-1-3-5-16;23-19(15-5-11-27(24,25)12-6-15)22-9-8-21(16-3-1-7-20-13-16)14-17(22)18-4-2-10-26-18/h2-9,19,21H,10-16H2,1H3,(H,25,26);1-9,14,19,22H,10-13,15-17H2;1-5,8-9,14,17-18H,6-7,10-13,15H2;1-4,7,10,13,15,17H,5-6,8-9,11-12,14H2. The largest absolute Gasteiger partial charge is 0.367 e. The van der Waals surface area contributed by atoms with E-state index in [1.54, 1.807) is 47.5 Å². The molecular formula is C87H101N13O12S6. The summed E-state index contributed by atoms with van der Waals surface area (Å²) < 4.78 is 94.2. The average Bonchev–Trinajstić information content (AvgIpc) is 1.40. The monoisotopic (exact) mass is 1710 g/mol. The summed E-state index contributed by atoms with van der Waals surface area (Å²) >= 11 is 3.34. The number of hydrogen-bond donors (Lipinski definition) is 1. The van der Waals surface area contributed by atoms with Gasteiger partial charge in [-0.05, 0) is 128 Å². The van der Waals surface area contributed by atoms with Crippen LogP contribution in [0, 0.1) is 30.6 Å². The molecule has 0 radical (unpaired) electrons. The lowest BCUT2D eigenvalue weighted by molar-refractivity contribution is -0.139. The summed E-state index contributed by atoms with van der Waals surface area (Å²) in [5.74, 6) is 2.16. The highest BCUT2D eigenvalue weighted by Crippen LogP contribution is 2.40. The number of H-pyrrole nitrogens is 1. The van der Waals surface area contributed by atoms with Crippen LogP contribution in [0.1, 0.15) is 102 Å². The first-order valence-corrected chi connectivity index (χ1v) is 49.8. The van der Waals surface area contributed by atoms with E-state index in [0.29, 0.717) is 104 Å². The van der Waals surface area contributed by atoms with E-state index in [0.717, 1.165) is 71.4 Å². The Morgan fingerprint density at radius 3 is 1.28 bits per heavy atom. The Hall–Kier alpha value is -9.66. The molecule has 4 unspecified atom stereocenters. The van der Waals surface area contributed by atoms with E-state index in [-0.39, 0.29) is 117 Å². The molecule has 5 aromatic heterocycles. The van der Waals surface area contributed by atoms with Crippen LogP contribution in [0.2, 0.25) is 0 Å². The highest BCUT2D eigenvalue weighted by Gasteiger charge is 2.43. The number of benzene rings is 5. The maximum Gasteiger partial charge on any atom is 0.226 e. The molecular weight excluding hydrogens is 1610 g/mol. The maximum absolute atomic E-state index is 13.5. The zero-order chi connectivity index (χ0) is 82.1. The van der Waals surface area contributed by atoms with Gasteiger partial charge in [0, 0.05) is 142 Å². The number of carbonyl (C=O) groups is 4. The van der Waals surface area contributed by atoms with E-state index in [4.69, 9.17) is 4.98 Å². The van der Waals surface area contributed by atoms with Gasteiger partial charge in [0.15, 0.2) is 0 Å². The molecule has 4 amide bonds. The number of piperazine rings is 4. The molecule has 13 heterocycles. The Labute approximate surface area is 699 Å². The fourth-order valence-electron chi connectivity index (χ4n) is 17.7. The minimum Gasteiger partial charge on any atom is -0.367 e. The third kappa shape index (κ3) is 19.9. The molecule has 8 fully saturated rings. The maximum atomic E-state index is 13.5. The number of fused-ring (bicyclic) bond motifs is 2. The van der Waals surface area contributed by atoms with Gasteiger partial charge in [0.2, 0.25) is 29.6 Å². The minimum atomic E-state index is -3.00. The van der Waals surface area contributed by atoms with Crippen LogP contribution in [0.25, 0.3) is 21.8 Å². The smallest absolute Gasteiger partial charge is 0.226 e. The summed E-state index contributed by atoms with van der Waals surface area (Å²) in [7, 11) is -11.9. The van der Waals surface area contributed by atoms with Gasteiger partial charge in [0.05, 0.1) is 99.3 Å². The number of para-hydroxylation sites is 1. The Bertz CT molecular complexity index is 5550. The number of sulfone groups is 4. The van der Waals surface area contributed by atoms with E-state index in [1.807, 2.05) is 116 Å². The highest BCUT2D eigenvalue weighted by atomic mass is 32.2. The molecule has 622 valence electrons. The number of nitrogens with zero attached hydrogens (tertiary/aromatic N) is 12. The van der Waals surface area contributed by atoms with Crippen LogP contribution in [0.15, 0.2) is 199 Å². The fourth-order valence-corrected chi connectivity index (χ4v) is 25.3. The van der Waals surface area contributed by atoms with Crippen molar-refractivity contribution < 1.29 is 52.8 Å². The number of thiophene rings is 2. The molecule has 0 saturated carbocycles. The molecule has 118 heavy (non-hydrogen) atoms. The van der Waals surface area contributed by atoms with Crippen molar-refractivity contribution in [3.63, 3.8) is 0 Å². The zero-order valence-electron chi connectivity index (χ0n) is 66.2. The van der Waals surface area contributed by atoms with Crippen molar-refractivity contribution in [1.29, 1.82) is 0 Å². The minimum absolute atomic E-state index is 0.00927. The number of hydrogen-bond acceptors (Lipinski definition) is 22. The molecule has 0 aliphatic carbocycles. The van der Waals surface area contributed by atoms with E-state index >= 15 is 0 Å². The van der Waals surface area contributed by atoms with E-state index in [9.17, 15) is 52.8 Å². The van der Waals surface area contributed by atoms with Crippen molar-refractivity contribution in [3.05, 3.63) is 226 Å². The van der Waals surface area contributed by atoms with Crippen molar-refractivity contribution in [2.45, 2.75) is 82.5 Å². The quantitative estimate of drug-likeness (QED) is 0.119. The molecule has 5 aromatic carbocycles. The first-order valence-electron chi connectivity index (χ1n) is 40.8. The molecule has 8 aliphatic heterocycles. The molecule has 1 N–H and O–H groups in total. The molecule has 0 spiro atoms. The Morgan fingerprint density at radius 1 is 0.390 bits per heavy atom. The van der Waals surface area contributed by atoms with E-state index < -0.39 is 39.3 Å². The molecule has 31 heteroatoms. The zero-order valence-corrected chi connectivity index (χ0v) is 71.1. The van der Waals surface area contributed by atoms with Crippen LogP contribution in [-0.4, -0.2) is 226 Å². The number of imidazole rings is 1. The number of rotatable bonds is 12. The Morgan fingerprint density at radius 2 is 0.814 bits per heavy atom. The number of nitrogens with one attached hydrogen (secondary N) is 1. The van der Waals surface area contributed by atoms with Gasteiger partial charge in [-0.2, -0.15) is 0 Å². The second kappa shape index (κ2) is 36.9. The Balaban J connectivity index is 0.000000123. The highest BCUT2D eigenvalue weighted by molar-refractivity contribution is 7.92. The van der Waals surface area contributed by atoms with Gasteiger partial charge < -0.3 is 44.2 Å². The number of pyridine rings is 1. The van der Waals surface area contributed by atoms with Gasteiger partial charge in [-0.3, -0.25) is 29.1 Å². The number of amides is 4. The summed E-state index contributed by atoms with van der Waals surface area (Å²) in [6, 6.07) is 53.0. The average molecular weight is 1710 g/mol. The van der Waals surface area contributed by atoms with Crippen LogP contribution in [0.4, 0.5) is 23.1 Å². The molecule has 10 aromatic rings. The van der Waals surface area contributed by atoms with E-state index in [1.165, 1.54) is 26.2 Å². The normalized spacial score (nSPS) is 22.4. The number of aromatic amines is 1. The third-order valence-corrected chi connectivity index (χ3v) is 33.2. The number of carbonyl (C=O) groups excluding carboxylic acids is 4. The van der Waals surface area contributed by atoms with Gasteiger partial charge in [0.25, 0.3) is 0 Å². The van der Waals surface area contributed by atoms with E-state index in [2.05, 4.69) is 125 Å². The molecule has 4 atom stereocenters. The number of anilines is 4. The lowest BCUT2D eigenvalue weighted by atomic mass is 9.96. The van der Waals surface area contributed by atoms with Crippen LogP contribution in [0.5, 0.6) is 0 Å². The second-order valence-electron chi connectivity index (χ2n) is 31.8. The first kappa shape index (κ1) is 83.4. The summed E-state index contributed by atoms with van der Waals surface area (Å²) in [5.41, 5.74) is 7.55. The molecule has 18 rings (SSSR count). The van der Waals surface area contributed by atoms with Crippen molar-refractivity contribution in [2.24, 2.45) is 23.7 Å². The fraction of sp³-hybridized carbons (Fsp3) is 0.425. The second-order valence-corrected chi connectivity index (χ2v) is 43.0. The third-order valence-electron chi connectivity index (χ3n) is 24.4. The molecule has 0 bridgehead atoms. The van der Waals surface area contributed by atoms with Crippen LogP contribution < -0.4 is 19.6 Å². The van der Waals surface area contributed by atoms with Crippen molar-refractivity contribution in [3.8, 4) is 0 Å². The van der Waals surface area contributed by atoms with Crippen LogP contribution in [0.3, 0.4) is 0 Å². The predicted octanol–water partition coefficient (Wildman–Crippen LogP) is 11.3. The first-order chi connectivity index (χ1) is 57.0. The van der Waals surface area contributed by atoms with Crippen LogP contribution in [-0.2, 0) is 58.5 Å². The molecule has 8 aliphatic rings. The summed E-state index contributed by atoms with van der Waals surface area (Å²) in [6.07, 6.45) is 12.2. The van der Waals surface area contributed by atoms with Gasteiger partial charge in [-0.25, -0.2) is 43.6 Å². The molecule has 8 saturated heterocycles. The van der Waals surface area contributed by atoms with Gasteiger partial charge in [-0.1, -0.05) is 121 Å². The topological polar surface area (TPSA) is 298 Å². The SMILES string of the molecule is Cc1cccc2[nH]c(N3CCN(C(=O)C4CCS(=O)(=O)CC4)C(c4ccccc4)C3)nc12.O=C(C1CCS(=O)(=O)CC1)N1CCN(c2cccc3ccccc23)CC1c1cccs1.O=C(C1CCS(=O)(=O)CC1)N1CCN(c2cccnc2)CC1c1cccs1.O=C(C1CCS(=O)(=O)CC1)N1CCN(c2cnccn2)CC1c1ccccc1. The van der Waals surface area contributed by atoms with Crippen molar-refractivity contribution >= 4 is 131 Å². The summed E-state index contributed by atoms with van der Waals surface area (Å²) in [5, 5.41) is 6.54.